The average Bonchev–Trinajstić information content (AvgIpc) is 2.50. The normalized spacial score (nSPS) is 9.75. The Morgan fingerprint density at radius 3 is 3.25 bits per heavy atom. The van der Waals surface area contributed by atoms with Crippen molar-refractivity contribution in [2.45, 2.75) is 18.5 Å². The molecule has 66 valence electrons. The van der Waals surface area contributed by atoms with E-state index in [1.165, 1.54) is 0 Å². The van der Waals surface area contributed by atoms with Gasteiger partial charge in [0.15, 0.2) is 0 Å². The first-order valence-electron chi connectivity index (χ1n) is 3.41. The Labute approximate surface area is 78.1 Å². The molecule has 0 unspecified atom stereocenters. The number of nitrogens with one attached hydrogen (secondary N) is 1. The van der Waals surface area contributed by atoms with Crippen molar-refractivity contribution in [3.8, 4) is 0 Å². The van der Waals surface area contributed by atoms with Gasteiger partial charge in [-0.3, -0.25) is 0 Å². The second-order valence-corrected chi connectivity index (χ2v) is 3.75. The SMILES string of the molecule is CCCSc1nsc(NN=O)n1. The Kier molecular flexibility index (Phi) is 3.95. The van der Waals surface area contributed by atoms with E-state index in [0.29, 0.717) is 10.3 Å². The maximum atomic E-state index is 9.77. The van der Waals surface area contributed by atoms with Crippen LogP contribution in [0.5, 0.6) is 0 Å². The van der Waals surface area contributed by atoms with Crippen molar-refractivity contribution in [1.82, 2.24) is 9.36 Å². The van der Waals surface area contributed by atoms with E-state index in [4.69, 9.17) is 0 Å². The third-order valence-electron chi connectivity index (χ3n) is 0.984. The van der Waals surface area contributed by atoms with Crippen LogP contribution in [0.15, 0.2) is 10.4 Å². The monoisotopic (exact) mass is 204 g/mol. The third kappa shape index (κ3) is 2.74. The number of aromatic nitrogens is 2. The van der Waals surface area contributed by atoms with Crippen LogP contribution in [0.3, 0.4) is 0 Å². The van der Waals surface area contributed by atoms with Gasteiger partial charge in [0.2, 0.25) is 10.3 Å². The third-order valence-corrected chi connectivity index (χ3v) is 2.77. The van der Waals surface area contributed by atoms with Crippen LogP contribution in [0.1, 0.15) is 13.3 Å². The van der Waals surface area contributed by atoms with Crippen molar-refractivity contribution in [3.63, 3.8) is 0 Å². The van der Waals surface area contributed by atoms with Gasteiger partial charge in [0.25, 0.3) is 0 Å². The van der Waals surface area contributed by atoms with Crippen LogP contribution in [-0.4, -0.2) is 15.1 Å². The lowest BCUT2D eigenvalue weighted by Crippen LogP contribution is -1.84. The minimum atomic E-state index is 0.448. The molecule has 0 spiro atoms. The molecule has 0 aliphatic heterocycles. The Morgan fingerprint density at radius 2 is 2.58 bits per heavy atom. The molecule has 12 heavy (non-hydrogen) atoms. The van der Waals surface area contributed by atoms with Crippen molar-refractivity contribution < 1.29 is 0 Å². The molecule has 0 saturated carbocycles. The number of nitroso groups, excluding NO2 is 1. The van der Waals surface area contributed by atoms with Gasteiger partial charge < -0.3 is 0 Å². The fourth-order valence-electron chi connectivity index (χ4n) is 0.546. The zero-order valence-corrected chi connectivity index (χ0v) is 8.11. The van der Waals surface area contributed by atoms with Crippen LogP contribution in [0, 0.1) is 4.91 Å². The number of rotatable bonds is 5. The highest BCUT2D eigenvalue weighted by Gasteiger charge is 2.02. The van der Waals surface area contributed by atoms with Crippen LogP contribution in [-0.2, 0) is 0 Å². The van der Waals surface area contributed by atoms with E-state index < -0.39 is 0 Å². The zero-order valence-electron chi connectivity index (χ0n) is 6.48. The van der Waals surface area contributed by atoms with E-state index in [-0.39, 0.29) is 0 Å². The molecule has 0 aromatic carbocycles. The van der Waals surface area contributed by atoms with E-state index in [9.17, 15) is 4.91 Å². The molecule has 5 nitrogen and oxygen atoms in total. The Morgan fingerprint density at radius 1 is 1.75 bits per heavy atom. The molecule has 0 saturated heterocycles. The molecular formula is C5H8N4OS2. The van der Waals surface area contributed by atoms with Crippen molar-refractivity contribution in [1.29, 1.82) is 0 Å². The van der Waals surface area contributed by atoms with Crippen molar-refractivity contribution in [2.75, 3.05) is 11.2 Å². The minimum absolute atomic E-state index is 0.448. The summed E-state index contributed by atoms with van der Waals surface area (Å²) in [6.45, 7) is 2.09. The minimum Gasteiger partial charge on any atom is -0.214 e. The fourth-order valence-corrected chi connectivity index (χ4v) is 1.88. The van der Waals surface area contributed by atoms with Crippen LogP contribution in [0.4, 0.5) is 5.13 Å². The molecule has 1 rings (SSSR count). The molecule has 1 aromatic rings. The lowest BCUT2D eigenvalue weighted by molar-refractivity contribution is 1.05. The number of thioether (sulfide) groups is 1. The highest BCUT2D eigenvalue weighted by Crippen LogP contribution is 2.20. The second kappa shape index (κ2) is 5.04. The number of nitrogens with zero attached hydrogens (tertiary/aromatic N) is 3. The Bertz CT molecular complexity index is 251. The molecule has 0 bridgehead atoms. The van der Waals surface area contributed by atoms with Crippen LogP contribution in [0.25, 0.3) is 0 Å². The highest BCUT2D eigenvalue weighted by molar-refractivity contribution is 7.99. The van der Waals surface area contributed by atoms with Gasteiger partial charge in [0.05, 0.1) is 5.29 Å². The molecule has 7 heteroatoms. The topological polar surface area (TPSA) is 67.2 Å². The Hall–Kier alpha value is -0.690. The van der Waals surface area contributed by atoms with Crippen molar-refractivity contribution in [2.24, 2.45) is 5.29 Å². The summed E-state index contributed by atoms with van der Waals surface area (Å²) in [6.07, 6.45) is 1.08. The van der Waals surface area contributed by atoms with Gasteiger partial charge in [-0.05, 0) is 6.42 Å². The summed E-state index contributed by atoms with van der Waals surface area (Å²) < 4.78 is 4.00. The molecule has 0 aliphatic carbocycles. The van der Waals surface area contributed by atoms with E-state index in [1.807, 2.05) is 0 Å². The van der Waals surface area contributed by atoms with Crippen LogP contribution < -0.4 is 5.43 Å². The first-order valence-corrected chi connectivity index (χ1v) is 5.17. The van der Waals surface area contributed by atoms with Crippen LogP contribution in [0.2, 0.25) is 0 Å². The summed E-state index contributed by atoms with van der Waals surface area (Å²) in [5.41, 5.74) is 2.21. The van der Waals surface area contributed by atoms with Gasteiger partial charge in [0, 0.05) is 17.3 Å². The predicted octanol–water partition coefficient (Wildman–Crippen LogP) is 2.13. The van der Waals surface area contributed by atoms with E-state index in [2.05, 4.69) is 27.0 Å². The number of hydrogen-bond donors (Lipinski definition) is 1. The maximum Gasteiger partial charge on any atom is 0.226 e. The molecule has 1 heterocycles. The summed E-state index contributed by atoms with van der Waals surface area (Å²) in [6, 6.07) is 0. The van der Waals surface area contributed by atoms with Crippen molar-refractivity contribution >= 4 is 28.4 Å². The molecule has 1 N–H and O–H groups in total. The van der Waals surface area contributed by atoms with Gasteiger partial charge >= 0.3 is 0 Å². The summed E-state index contributed by atoms with van der Waals surface area (Å²) >= 11 is 2.71. The summed E-state index contributed by atoms with van der Waals surface area (Å²) in [7, 11) is 0. The molecular weight excluding hydrogens is 196 g/mol. The lowest BCUT2D eigenvalue weighted by atomic mass is 10.6. The molecule has 0 fully saturated rings. The first-order chi connectivity index (χ1) is 5.86. The van der Waals surface area contributed by atoms with Crippen LogP contribution >= 0.6 is 23.3 Å². The fraction of sp³-hybridized carbons (Fsp3) is 0.600. The van der Waals surface area contributed by atoms with Gasteiger partial charge in [-0.2, -0.15) is 9.36 Å². The van der Waals surface area contributed by atoms with Gasteiger partial charge in [0.1, 0.15) is 0 Å². The summed E-state index contributed by atoms with van der Waals surface area (Å²) in [5.74, 6) is 0.991. The number of hydrogen-bond acceptors (Lipinski definition) is 6. The standard InChI is InChI=1S/C5H8N4OS2/c1-2-3-11-5-6-4(7-9-10)12-8-5/h2-3H2,1H3,(H,6,7,8,10). The molecule has 0 amide bonds. The summed E-state index contributed by atoms with van der Waals surface area (Å²) in [4.78, 5) is 13.8. The zero-order chi connectivity index (χ0) is 8.81. The smallest absolute Gasteiger partial charge is 0.214 e. The molecule has 0 radical (unpaired) electrons. The second-order valence-electron chi connectivity index (χ2n) is 1.93. The van der Waals surface area contributed by atoms with Gasteiger partial charge in [-0.15, -0.1) is 4.91 Å². The highest BCUT2D eigenvalue weighted by atomic mass is 32.2. The lowest BCUT2D eigenvalue weighted by Gasteiger charge is -1.89. The van der Waals surface area contributed by atoms with Gasteiger partial charge in [-0.25, -0.2) is 5.43 Å². The molecule has 0 aliphatic rings. The number of anilines is 1. The quantitative estimate of drug-likeness (QED) is 0.452. The molecule has 0 atom stereocenters. The van der Waals surface area contributed by atoms with E-state index in [1.54, 1.807) is 11.8 Å². The van der Waals surface area contributed by atoms with E-state index in [0.717, 1.165) is 23.7 Å². The maximum absolute atomic E-state index is 9.77. The average molecular weight is 204 g/mol. The first kappa shape index (κ1) is 9.40. The predicted molar refractivity (Wildman–Crippen MR) is 50.3 cm³/mol. The van der Waals surface area contributed by atoms with Gasteiger partial charge in [-0.1, -0.05) is 18.7 Å². The van der Waals surface area contributed by atoms with E-state index >= 15 is 0 Å². The summed E-state index contributed by atoms with van der Waals surface area (Å²) in [5, 5.41) is 3.65. The largest absolute Gasteiger partial charge is 0.226 e. The molecule has 1 aromatic heterocycles. The van der Waals surface area contributed by atoms with Crippen molar-refractivity contribution in [3.05, 3.63) is 4.91 Å². The Balaban J connectivity index is 2.46.